The summed E-state index contributed by atoms with van der Waals surface area (Å²) in [6.07, 6.45) is 0. The van der Waals surface area contributed by atoms with Crippen LogP contribution in [0.4, 0.5) is 11.4 Å². The van der Waals surface area contributed by atoms with E-state index in [1.54, 1.807) is 4.68 Å². The highest BCUT2D eigenvalue weighted by atomic mass is 35.5. The average Bonchev–Trinajstić information content (AvgIpc) is 3.27. The van der Waals surface area contributed by atoms with E-state index in [0.717, 1.165) is 55.3 Å². The van der Waals surface area contributed by atoms with E-state index in [1.165, 1.54) is 11.8 Å². The first-order valence-electron chi connectivity index (χ1n) is 10.6. The molecule has 32 heavy (non-hydrogen) atoms. The second kappa shape index (κ2) is 10.3. The fourth-order valence-electron chi connectivity index (χ4n) is 3.62. The number of halogens is 1. The molecule has 1 aliphatic rings. The standard InChI is InChI=1S/C22H26ClN7OS/c1-3-28-10-12-29(13-11-28)20-9-6-17(23)14-19(20)24-21(31)15-32-22-25-26-27-30(22)18-7-4-16(2)5-8-18/h4-9,14H,3,10-13,15H2,1-2H3,(H,24,31). The summed E-state index contributed by atoms with van der Waals surface area (Å²) in [6, 6.07) is 13.5. The first-order chi connectivity index (χ1) is 15.5. The molecule has 8 nitrogen and oxygen atoms in total. The van der Waals surface area contributed by atoms with Crippen LogP contribution in [-0.4, -0.2) is 69.5 Å². The minimum atomic E-state index is -0.135. The zero-order valence-electron chi connectivity index (χ0n) is 18.2. The molecule has 4 rings (SSSR count). The fourth-order valence-corrected chi connectivity index (χ4v) is 4.49. The van der Waals surface area contributed by atoms with Crippen LogP contribution in [0.5, 0.6) is 0 Å². The van der Waals surface area contributed by atoms with Gasteiger partial charge in [-0.25, -0.2) is 0 Å². The maximum atomic E-state index is 12.8. The van der Waals surface area contributed by atoms with Crippen molar-refractivity contribution in [3.05, 3.63) is 53.1 Å². The Morgan fingerprint density at radius 1 is 1.12 bits per heavy atom. The number of carbonyl (C=O) groups is 1. The maximum Gasteiger partial charge on any atom is 0.234 e. The summed E-state index contributed by atoms with van der Waals surface area (Å²) < 4.78 is 1.63. The molecule has 10 heteroatoms. The number of aryl methyl sites for hydroxylation is 1. The number of hydrogen-bond acceptors (Lipinski definition) is 7. The summed E-state index contributed by atoms with van der Waals surface area (Å²) in [5, 5.41) is 16.1. The van der Waals surface area contributed by atoms with Gasteiger partial charge in [0, 0.05) is 31.2 Å². The summed E-state index contributed by atoms with van der Waals surface area (Å²) in [6.45, 7) is 9.09. The molecule has 0 bridgehead atoms. The molecule has 1 aliphatic heterocycles. The van der Waals surface area contributed by atoms with Gasteiger partial charge in [0.05, 0.1) is 22.8 Å². The summed E-state index contributed by atoms with van der Waals surface area (Å²) in [5.41, 5.74) is 3.73. The van der Waals surface area contributed by atoms with Crippen molar-refractivity contribution < 1.29 is 4.79 Å². The summed E-state index contributed by atoms with van der Waals surface area (Å²) in [4.78, 5) is 17.5. The van der Waals surface area contributed by atoms with Crippen LogP contribution in [-0.2, 0) is 4.79 Å². The Kier molecular flexibility index (Phi) is 7.29. The SMILES string of the molecule is CCN1CCN(c2ccc(Cl)cc2NC(=O)CSc2nnnn2-c2ccc(C)cc2)CC1. The van der Waals surface area contributed by atoms with Crippen molar-refractivity contribution in [3.8, 4) is 5.69 Å². The number of likely N-dealkylation sites (N-methyl/N-ethyl adjacent to an activating group) is 1. The van der Waals surface area contributed by atoms with Gasteiger partial charge in [-0.15, -0.1) is 5.10 Å². The molecule has 0 aliphatic carbocycles. The van der Waals surface area contributed by atoms with Gasteiger partial charge in [0.25, 0.3) is 0 Å². The molecular formula is C22H26ClN7OS. The lowest BCUT2D eigenvalue weighted by atomic mass is 10.2. The minimum absolute atomic E-state index is 0.135. The lowest BCUT2D eigenvalue weighted by molar-refractivity contribution is -0.113. The van der Waals surface area contributed by atoms with E-state index in [9.17, 15) is 4.79 Å². The predicted molar refractivity (Wildman–Crippen MR) is 129 cm³/mol. The molecule has 3 aromatic rings. The number of nitrogens with one attached hydrogen (secondary N) is 1. The van der Waals surface area contributed by atoms with Crippen molar-refractivity contribution >= 4 is 40.6 Å². The van der Waals surface area contributed by atoms with Crippen molar-refractivity contribution in [1.29, 1.82) is 0 Å². The van der Waals surface area contributed by atoms with Gasteiger partial charge in [-0.3, -0.25) is 4.79 Å². The van der Waals surface area contributed by atoms with Gasteiger partial charge in [0.2, 0.25) is 11.1 Å². The number of nitrogens with zero attached hydrogens (tertiary/aromatic N) is 6. The first kappa shape index (κ1) is 22.6. The second-order valence-electron chi connectivity index (χ2n) is 7.63. The molecule has 0 atom stereocenters. The van der Waals surface area contributed by atoms with Crippen LogP contribution in [0.1, 0.15) is 12.5 Å². The van der Waals surface area contributed by atoms with Crippen LogP contribution in [0.3, 0.4) is 0 Å². The van der Waals surface area contributed by atoms with Crippen LogP contribution in [0.25, 0.3) is 5.69 Å². The molecule has 1 N–H and O–H groups in total. The monoisotopic (exact) mass is 471 g/mol. The van der Waals surface area contributed by atoms with Crippen LogP contribution in [0, 0.1) is 6.92 Å². The molecule has 0 unspecified atom stereocenters. The van der Waals surface area contributed by atoms with E-state index in [4.69, 9.17) is 11.6 Å². The number of amides is 1. The zero-order chi connectivity index (χ0) is 22.5. The van der Waals surface area contributed by atoms with Gasteiger partial charge < -0.3 is 15.1 Å². The Balaban J connectivity index is 1.42. The number of benzene rings is 2. The number of rotatable bonds is 7. The Labute approximate surface area is 196 Å². The van der Waals surface area contributed by atoms with Crippen LogP contribution in [0.15, 0.2) is 47.6 Å². The third-order valence-electron chi connectivity index (χ3n) is 5.44. The molecule has 2 heterocycles. The van der Waals surface area contributed by atoms with E-state index in [0.29, 0.717) is 10.2 Å². The van der Waals surface area contributed by atoms with Gasteiger partial charge in [-0.2, -0.15) is 4.68 Å². The first-order valence-corrected chi connectivity index (χ1v) is 11.9. The van der Waals surface area contributed by atoms with Crippen molar-refractivity contribution in [2.24, 2.45) is 0 Å². The summed E-state index contributed by atoms with van der Waals surface area (Å²) in [5.74, 6) is 0.0473. The van der Waals surface area contributed by atoms with Crippen molar-refractivity contribution in [1.82, 2.24) is 25.1 Å². The Morgan fingerprint density at radius 3 is 2.59 bits per heavy atom. The maximum absolute atomic E-state index is 12.8. The minimum Gasteiger partial charge on any atom is -0.367 e. The number of thioether (sulfide) groups is 1. The van der Waals surface area contributed by atoms with Gasteiger partial charge >= 0.3 is 0 Å². The predicted octanol–water partition coefficient (Wildman–Crippen LogP) is 3.50. The molecule has 1 aromatic heterocycles. The number of aromatic nitrogens is 4. The number of tetrazole rings is 1. The highest BCUT2D eigenvalue weighted by Crippen LogP contribution is 2.30. The highest BCUT2D eigenvalue weighted by Gasteiger charge is 2.20. The van der Waals surface area contributed by atoms with Crippen molar-refractivity contribution in [3.63, 3.8) is 0 Å². The third kappa shape index (κ3) is 5.40. The molecule has 1 amide bonds. The lowest BCUT2D eigenvalue weighted by Gasteiger charge is -2.36. The van der Waals surface area contributed by atoms with E-state index in [1.807, 2.05) is 49.4 Å². The molecular weight excluding hydrogens is 446 g/mol. The van der Waals surface area contributed by atoms with Gasteiger partial charge in [0.1, 0.15) is 0 Å². The molecule has 0 radical (unpaired) electrons. The number of hydrogen-bond donors (Lipinski definition) is 1. The van der Waals surface area contributed by atoms with Gasteiger partial charge in [-0.05, 0) is 54.2 Å². The second-order valence-corrected chi connectivity index (χ2v) is 9.01. The van der Waals surface area contributed by atoms with Crippen molar-refractivity contribution in [2.45, 2.75) is 19.0 Å². The quantitative estimate of drug-likeness (QED) is 0.528. The topological polar surface area (TPSA) is 79.2 Å². The van der Waals surface area contributed by atoms with Crippen LogP contribution < -0.4 is 10.2 Å². The molecule has 1 saturated heterocycles. The molecule has 0 saturated carbocycles. The van der Waals surface area contributed by atoms with E-state index >= 15 is 0 Å². The van der Waals surface area contributed by atoms with E-state index in [2.05, 4.69) is 37.6 Å². The zero-order valence-corrected chi connectivity index (χ0v) is 19.7. The molecule has 2 aromatic carbocycles. The Morgan fingerprint density at radius 2 is 1.88 bits per heavy atom. The fraction of sp³-hybridized carbons (Fsp3) is 0.364. The molecule has 0 spiro atoms. The molecule has 1 fully saturated rings. The number of carbonyl (C=O) groups excluding carboxylic acids is 1. The summed E-state index contributed by atoms with van der Waals surface area (Å²) >= 11 is 7.52. The van der Waals surface area contributed by atoms with Gasteiger partial charge in [0.15, 0.2) is 0 Å². The smallest absolute Gasteiger partial charge is 0.234 e. The summed E-state index contributed by atoms with van der Waals surface area (Å²) in [7, 11) is 0. The number of piperazine rings is 1. The Bertz CT molecular complexity index is 1060. The third-order valence-corrected chi connectivity index (χ3v) is 6.60. The van der Waals surface area contributed by atoms with Crippen molar-refractivity contribution in [2.75, 3.05) is 48.7 Å². The average molecular weight is 472 g/mol. The van der Waals surface area contributed by atoms with Crippen LogP contribution >= 0.6 is 23.4 Å². The molecule has 168 valence electrons. The normalized spacial score (nSPS) is 14.5. The largest absolute Gasteiger partial charge is 0.367 e. The van der Waals surface area contributed by atoms with E-state index < -0.39 is 0 Å². The number of anilines is 2. The van der Waals surface area contributed by atoms with E-state index in [-0.39, 0.29) is 11.7 Å². The Hall–Kier alpha value is -2.62. The van der Waals surface area contributed by atoms with Gasteiger partial charge in [-0.1, -0.05) is 48.0 Å². The highest BCUT2D eigenvalue weighted by molar-refractivity contribution is 7.99. The lowest BCUT2D eigenvalue weighted by Crippen LogP contribution is -2.46. The van der Waals surface area contributed by atoms with Crippen LogP contribution in [0.2, 0.25) is 5.02 Å².